The van der Waals surface area contributed by atoms with Gasteiger partial charge in [0.1, 0.15) is 0 Å². The molecule has 0 radical (unpaired) electrons. The van der Waals surface area contributed by atoms with Crippen molar-refractivity contribution in [1.29, 1.82) is 0 Å². The third-order valence-corrected chi connectivity index (χ3v) is 4.35. The van der Waals surface area contributed by atoms with Crippen molar-refractivity contribution in [3.63, 3.8) is 0 Å². The lowest BCUT2D eigenvalue weighted by Crippen LogP contribution is -2.37. The smallest absolute Gasteiger partial charge is 0.309 e. The fraction of sp³-hybridized carbons (Fsp3) is 0.688. The standard InChI is InChI=1S/C16H24ClN3O3/c1-3-23-16(22)12-6-8-20(9-7-12)15-14(17)18-11(2)13(19-15)5-4-10-21/h12,21H,3-10H2,1-2H3. The highest BCUT2D eigenvalue weighted by molar-refractivity contribution is 6.31. The summed E-state index contributed by atoms with van der Waals surface area (Å²) in [5.41, 5.74) is 1.67. The lowest BCUT2D eigenvalue weighted by Gasteiger charge is -2.32. The zero-order valence-corrected chi connectivity index (χ0v) is 14.5. The van der Waals surface area contributed by atoms with Gasteiger partial charge in [0.25, 0.3) is 0 Å². The molecular formula is C16H24ClN3O3. The minimum Gasteiger partial charge on any atom is -0.466 e. The van der Waals surface area contributed by atoms with E-state index in [-0.39, 0.29) is 18.5 Å². The highest BCUT2D eigenvalue weighted by atomic mass is 35.5. The molecule has 0 atom stereocenters. The van der Waals surface area contributed by atoms with Crippen LogP contribution in [-0.2, 0) is 16.0 Å². The van der Waals surface area contributed by atoms with E-state index in [1.165, 1.54) is 0 Å². The quantitative estimate of drug-likeness (QED) is 0.799. The number of ether oxygens (including phenoxy) is 1. The summed E-state index contributed by atoms with van der Waals surface area (Å²) in [7, 11) is 0. The normalized spacial score (nSPS) is 15.7. The van der Waals surface area contributed by atoms with Crippen molar-refractivity contribution < 1.29 is 14.6 Å². The number of aliphatic hydroxyl groups excluding tert-OH is 1. The number of aryl methyl sites for hydroxylation is 2. The Morgan fingerprint density at radius 3 is 2.70 bits per heavy atom. The molecule has 2 heterocycles. The van der Waals surface area contributed by atoms with Gasteiger partial charge in [-0.2, -0.15) is 0 Å². The predicted octanol–water partition coefficient (Wildman–Crippen LogP) is 2.14. The van der Waals surface area contributed by atoms with Crippen LogP contribution in [0.15, 0.2) is 0 Å². The van der Waals surface area contributed by atoms with E-state index in [2.05, 4.69) is 14.9 Å². The summed E-state index contributed by atoms with van der Waals surface area (Å²) < 4.78 is 5.09. The summed E-state index contributed by atoms with van der Waals surface area (Å²) in [4.78, 5) is 22.9. The van der Waals surface area contributed by atoms with Crippen molar-refractivity contribution in [1.82, 2.24) is 9.97 Å². The molecule has 0 saturated carbocycles. The van der Waals surface area contributed by atoms with Crippen molar-refractivity contribution in [3.05, 3.63) is 16.5 Å². The van der Waals surface area contributed by atoms with Crippen LogP contribution in [0.25, 0.3) is 0 Å². The molecule has 2 rings (SSSR count). The number of carbonyl (C=O) groups is 1. The van der Waals surface area contributed by atoms with E-state index in [9.17, 15) is 4.79 Å². The van der Waals surface area contributed by atoms with Crippen LogP contribution in [0.5, 0.6) is 0 Å². The van der Waals surface area contributed by atoms with Gasteiger partial charge in [-0.15, -0.1) is 0 Å². The lowest BCUT2D eigenvalue weighted by atomic mass is 9.97. The van der Waals surface area contributed by atoms with Crippen molar-refractivity contribution in [2.45, 2.75) is 39.5 Å². The summed E-state index contributed by atoms with van der Waals surface area (Å²) in [6.45, 7) is 5.66. The Morgan fingerprint density at radius 2 is 2.09 bits per heavy atom. The largest absolute Gasteiger partial charge is 0.466 e. The van der Waals surface area contributed by atoms with Gasteiger partial charge in [0.15, 0.2) is 11.0 Å². The van der Waals surface area contributed by atoms with Crippen molar-refractivity contribution >= 4 is 23.4 Å². The fourth-order valence-corrected chi connectivity index (χ4v) is 3.08. The molecule has 1 aliphatic heterocycles. The second kappa shape index (κ2) is 8.45. The van der Waals surface area contributed by atoms with Gasteiger partial charge in [0.05, 0.1) is 23.9 Å². The van der Waals surface area contributed by atoms with Gasteiger partial charge < -0.3 is 14.7 Å². The molecule has 1 fully saturated rings. The van der Waals surface area contributed by atoms with E-state index >= 15 is 0 Å². The molecule has 0 unspecified atom stereocenters. The van der Waals surface area contributed by atoms with Gasteiger partial charge in [-0.05, 0) is 39.5 Å². The summed E-state index contributed by atoms with van der Waals surface area (Å²) in [6.07, 6.45) is 2.80. The molecule has 0 amide bonds. The van der Waals surface area contributed by atoms with Crippen LogP contribution in [0.2, 0.25) is 5.15 Å². The maximum absolute atomic E-state index is 11.8. The molecule has 0 bridgehead atoms. The van der Waals surface area contributed by atoms with Crippen LogP contribution < -0.4 is 4.90 Å². The van der Waals surface area contributed by atoms with Gasteiger partial charge in [-0.25, -0.2) is 9.97 Å². The van der Waals surface area contributed by atoms with Crippen molar-refractivity contribution in [2.24, 2.45) is 5.92 Å². The summed E-state index contributed by atoms with van der Waals surface area (Å²) in [6, 6.07) is 0. The zero-order valence-electron chi connectivity index (χ0n) is 13.7. The first-order valence-corrected chi connectivity index (χ1v) is 8.50. The van der Waals surface area contributed by atoms with E-state index < -0.39 is 0 Å². The zero-order chi connectivity index (χ0) is 16.8. The predicted molar refractivity (Wildman–Crippen MR) is 88.8 cm³/mol. The Morgan fingerprint density at radius 1 is 1.39 bits per heavy atom. The number of rotatable bonds is 6. The maximum atomic E-state index is 11.8. The van der Waals surface area contributed by atoms with E-state index in [1.54, 1.807) is 0 Å². The molecule has 0 aliphatic carbocycles. The number of esters is 1. The number of aromatic nitrogens is 2. The number of aliphatic hydroxyl groups is 1. The number of piperidine rings is 1. The average Bonchev–Trinajstić information content (AvgIpc) is 2.54. The Hall–Kier alpha value is -1.40. The van der Waals surface area contributed by atoms with Crippen LogP contribution in [0.4, 0.5) is 5.82 Å². The number of carbonyl (C=O) groups excluding carboxylic acids is 1. The molecule has 0 aromatic carbocycles. The van der Waals surface area contributed by atoms with Crippen LogP contribution in [0, 0.1) is 12.8 Å². The summed E-state index contributed by atoms with van der Waals surface area (Å²) in [5, 5.41) is 9.38. The van der Waals surface area contributed by atoms with E-state index in [0.717, 1.165) is 24.2 Å². The third kappa shape index (κ3) is 4.54. The first-order valence-electron chi connectivity index (χ1n) is 8.12. The lowest BCUT2D eigenvalue weighted by molar-refractivity contribution is -0.148. The van der Waals surface area contributed by atoms with Crippen molar-refractivity contribution in [2.75, 3.05) is 31.2 Å². The van der Waals surface area contributed by atoms with E-state index in [0.29, 0.717) is 43.5 Å². The van der Waals surface area contributed by atoms with E-state index in [4.69, 9.17) is 21.4 Å². The summed E-state index contributed by atoms with van der Waals surface area (Å²) >= 11 is 6.26. The number of nitrogens with zero attached hydrogens (tertiary/aromatic N) is 3. The maximum Gasteiger partial charge on any atom is 0.309 e. The number of halogens is 1. The Balaban J connectivity index is 2.06. The second-order valence-corrected chi connectivity index (χ2v) is 6.07. The highest BCUT2D eigenvalue weighted by Gasteiger charge is 2.28. The molecule has 1 saturated heterocycles. The number of hydrogen-bond donors (Lipinski definition) is 1. The molecule has 1 aromatic rings. The average molecular weight is 342 g/mol. The van der Waals surface area contributed by atoms with Crippen LogP contribution in [0.3, 0.4) is 0 Å². The first kappa shape index (κ1) is 17.9. The minimum atomic E-state index is -0.114. The third-order valence-electron chi connectivity index (χ3n) is 4.09. The van der Waals surface area contributed by atoms with Gasteiger partial charge in [-0.1, -0.05) is 11.6 Å². The van der Waals surface area contributed by atoms with Gasteiger partial charge in [-0.3, -0.25) is 4.79 Å². The van der Waals surface area contributed by atoms with Crippen LogP contribution >= 0.6 is 11.6 Å². The molecule has 23 heavy (non-hydrogen) atoms. The van der Waals surface area contributed by atoms with E-state index in [1.807, 2.05) is 13.8 Å². The number of anilines is 1. The second-order valence-electron chi connectivity index (χ2n) is 5.71. The van der Waals surface area contributed by atoms with Gasteiger partial charge in [0, 0.05) is 19.7 Å². The topological polar surface area (TPSA) is 75.5 Å². The molecular weight excluding hydrogens is 318 g/mol. The molecule has 1 aromatic heterocycles. The molecule has 128 valence electrons. The first-order chi connectivity index (χ1) is 11.1. The summed E-state index contributed by atoms with van der Waals surface area (Å²) in [5.74, 6) is 0.515. The SMILES string of the molecule is CCOC(=O)C1CCN(c2nc(CCCO)c(C)nc2Cl)CC1. The van der Waals surface area contributed by atoms with Crippen LogP contribution in [-0.4, -0.2) is 47.3 Å². The van der Waals surface area contributed by atoms with Gasteiger partial charge in [0.2, 0.25) is 0 Å². The Labute approximate surface area is 141 Å². The molecule has 7 heteroatoms. The molecule has 1 aliphatic rings. The number of hydrogen-bond acceptors (Lipinski definition) is 6. The van der Waals surface area contributed by atoms with Crippen LogP contribution in [0.1, 0.15) is 37.6 Å². The minimum absolute atomic E-state index is 0.0442. The Kier molecular flexibility index (Phi) is 6.59. The molecule has 0 spiro atoms. The Bertz CT molecular complexity index is 546. The van der Waals surface area contributed by atoms with Gasteiger partial charge >= 0.3 is 5.97 Å². The molecule has 1 N–H and O–H groups in total. The monoisotopic (exact) mass is 341 g/mol. The van der Waals surface area contributed by atoms with Crippen molar-refractivity contribution in [3.8, 4) is 0 Å². The fourth-order valence-electron chi connectivity index (χ4n) is 2.79. The molecule has 6 nitrogen and oxygen atoms in total. The highest BCUT2D eigenvalue weighted by Crippen LogP contribution is 2.28.